The molecule has 0 aliphatic carbocycles. The summed E-state index contributed by atoms with van der Waals surface area (Å²) in [7, 11) is -3.58. The van der Waals surface area contributed by atoms with Gasteiger partial charge in [-0.05, 0) is 47.8 Å². The van der Waals surface area contributed by atoms with Crippen LogP contribution >= 0.6 is 11.3 Å². The van der Waals surface area contributed by atoms with E-state index in [0.717, 1.165) is 11.3 Å². The predicted octanol–water partition coefficient (Wildman–Crippen LogP) is 3.80. The van der Waals surface area contributed by atoms with E-state index < -0.39 is 10.0 Å². The van der Waals surface area contributed by atoms with Crippen molar-refractivity contribution in [2.75, 3.05) is 10.0 Å². The number of carbonyl (C=O) groups is 1. The molecule has 1 heterocycles. The number of hydrogen-bond acceptors (Lipinski definition) is 4. The minimum absolute atomic E-state index is 0.244. The van der Waals surface area contributed by atoms with Crippen LogP contribution in [-0.4, -0.2) is 14.3 Å². The van der Waals surface area contributed by atoms with Crippen LogP contribution in [0.2, 0.25) is 0 Å². The largest absolute Gasteiger partial charge is 0.322 e. The van der Waals surface area contributed by atoms with Crippen molar-refractivity contribution in [1.82, 2.24) is 0 Å². The number of anilines is 2. The molecule has 0 aliphatic heterocycles. The summed E-state index contributed by atoms with van der Waals surface area (Å²) in [6, 6.07) is 18.6. The number of nitrogens with one attached hydrogen (secondary N) is 2. The van der Waals surface area contributed by atoms with Crippen LogP contribution in [0.5, 0.6) is 0 Å². The molecule has 3 aromatic rings. The zero-order valence-corrected chi connectivity index (χ0v) is 14.1. The first-order valence-electron chi connectivity index (χ1n) is 7.07. The van der Waals surface area contributed by atoms with Crippen molar-refractivity contribution >= 4 is 38.6 Å². The quantitative estimate of drug-likeness (QED) is 0.728. The summed E-state index contributed by atoms with van der Waals surface area (Å²) in [5.74, 6) is -0.256. The number of hydrogen-bond donors (Lipinski definition) is 2. The summed E-state index contributed by atoms with van der Waals surface area (Å²) >= 11 is 1.14. The molecule has 2 aromatic carbocycles. The molecular weight excluding hydrogens is 344 g/mol. The first kappa shape index (κ1) is 16.2. The molecule has 0 bridgehead atoms. The van der Waals surface area contributed by atoms with Gasteiger partial charge in [-0.15, -0.1) is 11.3 Å². The van der Waals surface area contributed by atoms with Crippen LogP contribution in [-0.2, 0) is 10.0 Å². The number of amides is 1. The molecule has 3 rings (SSSR count). The van der Waals surface area contributed by atoms with E-state index in [1.54, 1.807) is 47.8 Å². The molecule has 1 amide bonds. The normalized spacial score (nSPS) is 11.0. The zero-order valence-electron chi connectivity index (χ0n) is 12.5. The molecule has 0 saturated heterocycles. The molecule has 0 unspecified atom stereocenters. The number of carbonyl (C=O) groups excluding carboxylic acids is 1. The molecule has 0 radical (unpaired) electrons. The van der Waals surface area contributed by atoms with Crippen molar-refractivity contribution in [3.63, 3.8) is 0 Å². The van der Waals surface area contributed by atoms with E-state index in [9.17, 15) is 13.2 Å². The van der Waals surface area contributed by atoms with Crippen molar-refractivity contribution in [2.45, 2.75) is 4.21 Å². The van der Waals surface area contributed by atoms with Crippen LogP contribution in [0.1, 0.15) is 10.4 Å². The van der Waals surface area contributed by atoms with Crippen molar-refractivity contribution in [3.8, 4) is 0 Å². The minimum Gasteiger partial charge on any atom is -0.322 e. The second kappa shape index (κ2) is 6.86. The fraction of sp³-hybridized carbons (Fsp3) is 0. The second-order valence-electron chi connectivity index (χ2n) is 4.94. The minimum atomic E-state index is -3.58. The third kappa shape index (κ3) is 3.81. The van der Waals surface area contributed by atoms with Crippen LogP contribution < -0.4 is 10.0 Å². The van der Waals surface area contributed by atoms with Gasteiger partial charge in [0.2, 0.25) is 0 Å². The Morgan fingerprint density at radius 3 is 2.17 bits per heavy atom. The van der Waals surface area contributed by atoms with E-state index in [0.29, 0.717) is 16.9 Å². The second-order valence-corrected chi connectivity index (χ2v) is 7.79. The number of thiophene rings is 1. The van der Waals surface area contributed by atoms with Crippen LogP contribution in [0, 0.1) is 0 Å². The molecule has 7 heteroatoms. The van der Waals surface area contributed by atoms with Gasteiger partial charge in [0, 0.05) is 16.9 Å². The fourth-order valence-electron chi connectivity index (χ4n) is 2.04. The highest BCUT2D eigenvalue weighted by Gasteiger charge is 2.15. The Bertz CT molecular complexity index is 920. The highest BCUT2D eigenvalue weighted by atomic mass is 32.2. The highest BCUT2D eigenvalue weighted by Crippen LogP contribution is 2.20. The molecule has 2 N–H and O–H groups in total. The topological polar surface area (TPSA) is 75.3 Å². The van der Waals surface area contributed by atoms with Gasteiger partial charge in [-0.1, -0.05) is 24.3 Å². The lowest BCUT2D eigenvalue weighted by Gasteiger charge is -2.08. The maximum atomic E-state index is 12.1. The fourth-order valence-corrected chi connectivity index (χ4v) is 4.09. The molecule has 0 atom stereocenters. The van der Waals surface area contributed by atoms with Crippen LogP contribution in [0.25, 0.3) is 0 Å². The van der Waals surface area contributed by atoms with E-state index >= 15 is 0 Å². The van der Waals surface area contributed by atoms with Gasteiger partial charge in [0.15, 0.2) is 0 Å². The van der Waals surface area contributed by atoms with Crippen LogP contribution in [0.3, 0.4) is 0 Å². The average molecular weight is 358 g/mol. The van der Waals surface area contributed by atoms with E-state index in [1.807, 2.05) is 18.2 Å². The Morgan fingerprint density at radius 1 is 0.833 bits per heavy atom. The number of rotatable bonds is 5. The maximum Gasteiger partial charge on any atom is 0.271 e. The van der Waals surface area contributed by atoms with Gasteiger partial charge in [-0.25, -0.2) is 8.42 Å². The first-order valence-corrected chi connectivity index (χ1v) is 9.44. The van der Waals surface area contributed by atoms with Gasteiger partial charge in [0.1, 0.15) is 4.21 Å². The van der Waals surface area contributed by atoms with Gasteiger partial charge < -0.3 is 5.32 Å². The molecule has 0 spiro atoms. The van der Waals surface area contributed by atoms with Crippen molar-refractivity contribution in [3.05, 3.63) is 77.7 Å². The van der Waals surface area contributed by atoms with Crippen molar-refractivity contribution in [2.24, 2.45) is 0 Å². The van der Waals surface area contributed by atoms with Crippen LogP contribution in [0.4, 0.5) is 11.4 Å². The van der Waals surface area contributed by atoms with Gasteiger partial charge in [-0.3, -0.25) is 9.52 Å². The predicted molar refractivity (Wildman–Crippen MR) is 96.0 cm³/mol. The van der Waals surface area contributed by atoms with Crippen molar-refractivity contribution in [1.29, 1.82) is 0 Å². The molecule has 5 nitrogen and oxygen atoms in total. The summed E-state index contributed by atoms with van der Waals surface area (Å²) in [5, 5.41) is 4.47. The summed E-state index contributed by atoms with van der Waals surface area (Å²) in [6.45, 7) is 0. The molecule has 24 heavy (non-hydrogen) atoms. The molecular formula is C17H14N2O3S2. The Balaban J connectivity index is 1.70. The number of benzene rings is 2. The first-order chi connectivity index (χ1) is 11.5. The lowest BCUT2D eigenvalue weighted by molar-refractivity contribution is 0.102. The lowest BCUT2D eigenvalue weighted by Crippen LogP contribution is -2.13. The molecule has 122 valence electrons. The monoisotopic (exact) mass is 358 g/mol. The smallest absolute Gasteiger partial charge is 0.271 e. The summed E-state index contributed by atoms with van der Waals surface area (Å²) in [6.07, 6.45) is 0. The lowest BCUT2D eigenvalue weighted by atomic mass is 10.2. The maximum absolute atomic E-state index is 12.1. The Morgan fingerprint density at radius 2 is 1.54 bits per heavy atom. The third-order valence-electron chi connectivity index (χ3n) is 3.19. The number of para-hydroxylation sites is 1. The average Bonchev–Trinajstić information content (AvgIpc) is 3.11. The van der Waals surface area contributed by atoms with Gasteiger partial charge in [0.25, 0.3) is 15.9 Å². The van der Waals surface area contributed by atoms with E-state index in [2.05, 4.69) is 10.0 Å². The Kier molecular flexibility index (Phi) is 4.64. The van der Waals surface area contributed by atoms with Crippen LogP contribution in [0.15, 0.2) is 76.3 Å². The highest BCUT2D eigenvalue weighted by molar-refractivity contribution is 7.94. The Hall–Kier alpha value is -2.64. The molecule has 0 aliphatic rings. The third-order valence-corrected chi connectivity index (χ3v) is 5.97. The number of sulfonamides is 1. The summed E-state index contributed by atoms with van der Waals surface area (Å²) in [4.78, 5) is 12.1. The van der Waals surface area contributed by atoms with E-state index in [4.69, 9.17) is 0 Å². The molecule has 0 fully saturated rings. The van der Waals surface area contributed by atoms with Gasteiger partial charge >= 0.3 is 0 Å². The Labute approximate surface area is 144 Å². The summed E-state index contributed by atoms with van der Waals surface area (Å²) in [5.41, 5.74) is 1.54. The summed E-state index contributed by atoms with van der Waals surface area (Å²) < 4.78 is 27.0. The van der Waals surface area contributed by atoms with Crippen molar-refractivity contribution < 1.29 is 13.2 Å². The standard InChI is InChI=1S/C17H14N2O3S2/c20-17(18-14-5-2-1-3-6-14)13-8-10-15(11-9-13)19-24(21,22)16-7-4-12-23-16/h1-12,19H,(H,18,20). The SMILES string of the molecule is O=C(Nc1ccccc1)c1ccc(NS(=O)(=O)c2cccs2)cc1. The van der Waals surface area contributed by atoms with Gasteiger partial charge in [0.05, 0.1) is 0 Å². The zero-order chi connectivity index (χ0) is 17.0. The van der Waals surface area contributed by atoms with Gasteiger partial charge in [-0.2, -0.15) is 0 Å². The molecule has 1 aromatic heterocycles. The molecule has 0 saturated carbocycles. The van der Waals surface area contributed by atoms with E-state index in [-0.39, 0.29) is 10.1 Å². The van der Waals surface area contributed by atoms with E-state index in [1.165, 1.54) is 6.07 Å².